The quantitative estimate of drug-likeness (QED) is 0.898. The van der Waals surface area contributed by atoms with Crippen LogP contribution in [0.15, 0.2) is 34.8 Å². The molecule has 1 unspecified atom stereocenters. The van der Waals surface area contributed by atoms with Crippen molar-refractivity contribution in [3.8, 4) is 5.75 Å². The van der Waals surface area contributed by atoms with Gasteiger partial charge in [0.2, 0.25) is 0 Å². The van der Waals surface area contributed by atoms with E-state index < -0.39 is 0 Å². The third kappa shape index (κ3) is 2.70. The van der Waals surface area contributed by atoms with Crippen LogP contribution in [0.2, 0.25) is 0 Å². The minimum absolute atomic E-state index is 0.0186. The second-order valence-corrected chi connectivity index (χ2v) is 6.22. The van der Waals surface area contributed by atoms with Crippen LogP contribution < -0.4 is 10.1 Å². The molecule has 0 saturated heterocycles. The molecule has 0 fully saturated rings. The van der Waals surface area contributed by atoms with Crippen molar-refractivity contribution in [2.24, 2.45) is 0 Å². The first-order valence-electron chi connectivity index (χ1n) is 6.98. The van der Waals surface area contributed by atoms with Gasteiger partial charge in [-0.25, -0.2) is 4.39 Å². The summed E-state index contributed by atoms with van der Waals surface area (Å²) in [5.41, 5.74) is 4.31. The van der Waals surface area contributed by atoms with Crippen LogP contribution in [0.25, 0.3) is 0 Å². The minimum atomic E-state index is -0.207. The highest BCUT2D eigenvalue weighted by Crippen LogP contribution is 2.39. The number of hydrogen-bond acceptors (Lipinski definition) is 2. The fourth-order valence-electron chi connectivity index (χ4n) is 2.95. The van der Waals surface area contributed by atoms with Gasteiger partial charge in [0.1, 0.15) is 11.6 Å². The third-order valence-corrected chi connectivity index (χ3v) is 4.38. The van der Waals surface area contributed by atoms with Crippen molar-refractivity contribution in [3.63, 3.8) is 0 Å². The summed E-state index contributed by atoms with van der Waals surface area (Å²) < 4.78 is 20.2. The second-order valence-electron chi connectivity index (χ2n) is 5.30. The van der Waals surface area contributed by atoms with E-state index in [0.717, 1.165) is 39.9 Å². The molecule has 1 heterocycles. The number of aryl methyl sites for hydroxylation is 1. The first kappa shape index (κ1) is 14.5. The van der Waals surface area contributed by atoms with Crippen LogP contribution in [-0.4, -0.2) is 13.7 Å². The normalized spacial score (nSPS) is 14.7. The zero-order chi connectivity index (χ0) is 15.0. The lowest BCUT2D eigenvalue weighted by Gasteiger charge is -2.22. The van der Waals surface area contributed by atoms with Gasteiger partial charge in [-0.2, -0.15) is 0 Å². The van der Waals surface area contributed by atoms with E-state index in [0.29, 0.717) is 0 Å². The average Bonchev–Trinajstić information content (AvgIpc) is 2.89. The number of hydrogen-bond donors (Lipinski definition) is 1. The van der Waals surface area contributed by atoms with E-state index in [9.17, 15) is 4.39 Å². The largest absolute Gasteiger partial charge is 0.493 e. The van der Waals surface area contributed by atoms with Crippen molar-refractivity contribution in [1.82, 2.24) is 5.32 Å². The van der Waals surface area contributed by atoms with Gasteiger partial charge in [0, 0.05) is 16.5 Å². The molecule has 1 aliphatic rings. The van der Waals surface area contributed by atoms with E-state index in [1.165, 1.54) is 11.6 Å². The third-order valence-electron chi connectivity index (χ3n) is 3.92. The molecule has 0 radical (unpaired) electrons. The van der Waals surface area contributed by atoms with Gasteiger partial charge in [-0.15, -0.1) is 0 Å². The summed E-state index contributed by atoms with van der Waals surface area (Å²) in [6.45, 7) is 2.65. The maximum atomic E-state index is 13.3. The lowest BCUT2D eigenvalue weighted by molar-refractivity contribution is 0.351. The molecule has 2 aromatic carbocycles. The molecule has 2 aromatic rings. The molecule has 0 saturated carbocycles. The van der Waals surface area contributed by atoms with E-state index in [2.05, 4.69) is 33.4 Å². The van der Waals surface area contributed by atoms with Crippen LogP contribution in [0.1, 0.15) is 28.3 Å². The number of halogens is 2. The summed E-state index contributed by atoms with van der Waals surface area (Å²) in [4.78, 5) is 0. The van der Waals surface area contributed by atoms with Crippen molar-refractivity contribution < 1.29 is 9.13 Å². The fourth-order valence-corrected chi connectivity index (χ4v) is 3.48. The van der Waals surface area contributed by atoms with Crippen molar-refractivity contribution in [2.75, 3.05) is 13.7 Å². The van der Waals surface area contributed by atoms with E-state index in [-0.39, 0.29) is 11.9 Å². The molecule has 0 spiro atoms. The molecule has 0 bridgehead atoms. The van der Waals surface area contributed by atoms with Crippen LogP contribution in [0.3, 0.4) is 0 Å². The molecule has 1 aliphatic heterocycles. The van der Waals surface area contributed by atoms with Crippen molar-refractivity contribution in [1.29, 1.82) is 0 Å². The van der Waals surface area contributed by atoms with Crippen LogP contribution in [0, 0.1) is 12.7 Å². The van der Waals surface area contributed by atoms with Gasteiger partial charge < -0.3 is 10.1 Å². The molecule has 0 aromatic heterocycles. The van der Waals surface area contributed by atoms with Crippen LogP contribution in [0.4, 0.5) is 4.39 Å². The topological polar surface area (TPSA) is 21.3 Å². The van der Waals surface area contributed by atoms with Gasteiger partial charge in [-0.3, -0.25) is 0 Å². The summed E-state index contributed by atoms with van der Waals surface area (Å²) in [5.74, 6) is 0.753. The lowest BCUT2D eigenvalue weighted by Crippen LogP contribution is -2.19. The van der Waals surface area contributed by atoms with Crippen molar-refractivity contribution >= 4 is 15.9 Å². The maximum absolute atomic E-state index is 13.3. The Balaban J connectivity index is 2.13. The van der Waals surface area contributed by atoms with Crippen molar-refractivity contribution in [3.05, 3.63) is 62.9 Å². The Labute approximate surface area is 132 Å². The number of benzene rings is 2. The molecule has 0 amide bonds. The molecule has 4 heteroatoms. The Bertz CT molecular complexity index is 687. The molecule has 21 heavy (non-hydrogen) atoms. The molecule has 0 aliphatic carbocycles. The molecule has 110 valence electrons. The van der Waals surface area contributed by atoms with Gasteiger partial charge in [0.05, 0.1) is 12.6 Å². The fraction of sp³-hybridized carbons (Fsp3) is 0.294. The summed E-state index contributed by atoms with van der Waals surface area (Å²) >= 11 is 3.57. The molecule has 2 nitrogen and oxygen atoms in total. The number of rotatable bonds is 3. The zero-order valence-corrected chi connectivity index (χ0v) is 13.6. The van der Waals surface area contributed by atoms with Crippen LogP contribution in [-0.2, 0) is 6.42 Å². The van der Waals surface area contributed by atoms with E-state index in [1.807, 2.05) is 20.0 Å². The van der Waals surface area contributed by atoms with Gasteiger partial charge >= 0.3 is 0 Å². The molecule has 1 N–H and O–H groups in total. The Hall–Kier alpha value is -1.39. The smallest absolute Gasteiger partial charge is 0.127 e. The first-order chi connectivity index (χ1) is 10.1. The Morgan fingerprint density at radius 3 is 2.76 bits per heavy atom. The zero-order valence-electron chi connectivity index (χ0n) is 12.0. The highest BCUT2D eigenvalue weighted by Gasteiger charge is 2.24. The van der Waals surface area contributed by atoms with Gasteiger partial charge in [-0.1, -0.05) is 22.0 Å². The van der Waals surface area contributed by atoms with Gasteiger partial charge in [0.15, 0.2) is 0 Å². The Morgan fingerprint density at radius 2 is 2.05 bits per heavy atom. The average molecular weight is 350 g/mol. The lowest BCUT2D eigenvalue weighted by atomic mass is 9.93. The minimum Gasteiger partial charge on any atom is -0.493 e. The SMILES string of the molecule is CNC(c1ccc(F)cc1C)c1cc(Br)cc2c1OCC2. The summed E-state index contributed by atoms with van der Waals surface area (Å²) in [5, 5.41) is 3.33. The Kier molecular flexibility index (Phi) is 4.00. The van der Waals surface area contributed by atoms with Gasteiger partial charge in [-0.05, 0) is 54.9 Å². The first-order valence-corrected chi connectivity index (χ1v) is 7.78. The van der Waals surface area contributed by atoms with Crippen LogP contribution >= 0.6 is 15.9 Å². The standard InChI is InChI=1S/C17H17BrFNO/c1-10-7-13(19)3-4-14(10)16(20-2)15-9-12(18)8-11-5-6-21-17(11)15/h3-4,7-9,16,20H,5-6H2,1-2H3. The monoisotopic (exact) mass is 349 g/mol. The van der Waals surface area contributed by atoms with E-state index in [4.69, 9.17) is 4.74 Å². The van der Waals surface area contributed by atoms with E-state index in [1.54, 1.807) is 6.07 Å². The Morgan fingerprint density at radius 1 is 1.24 bits per heavy atom. The summed E-state index contributed by atoms with van der Waals surface area (Å²) in [6, 6.07) is 9.08. The molecular weight excluding hydrogens is 333 g/mol. The molecule has 3 rings (SSSR count). The van der Waals surface area contributed by atoms with E-state index >= 15 is 0 Å². The number of nitrogens with one attached hydrogen (secondary N) is 1. The van der Waals surface area contributed by atoms with Crippen LogP contribution in [0.5, 0.6) is 5.75 Å². The molecular formula is C17H17BrFNO. The summed E-state index contributed by atoms with van der Waals surface area (Å²) in [7, 11) is 1.91. The highest BCUT2D eigenvalue weighted by molar-refractivity contribution is 9.10. The predicted octanol–water partition coefficient (Wildman–Crippen LogP) is 4.14. The highest BCUT2D eigenvalue weighted by atomic mass is 79.9. The maximum Gasteiger partial charge on any atom is 0.127 e. The summed E-state index contributed by atoms with van der Waals surface area (Å²) in [6.07, 6.45) is 0.931. The number of fused-ring (bicyclic) bond motifs is 1. The van der Waals surface area contributed by atoms with Gasteiger partial charge in [0.25, 0.3) is 0 Å². The predicted molar refractivity (Wildman–Crippen MR) is 85.4 cm³/mol. The van der Waals surface area contributed by atoms with Crippen molar-refractivity contribution in [2.45, 2.75) is 19.4 Å². The molecule has 1 atom stereocenters. The second kappa shape index (κ2) is 5.78. The number of ether oxygens (including phenoxy) is 1.